The number of hydrogen-bond donors (Lipinski definition) is 1. The second kappa shape index (κ2) is 7.53. The van der Waals surface area contributed by atoms with Gasteiger partial charge in [0.15, 0.2) is 16.8 Å². The lowest BCUT2D eigenvalue weighted by Crippen LogP contribution is -2.11. The van der Waals surface area contributed by atoms with Gasteiger partial charge in [0.05, 0.1) is 17.1 Å². The number of aromatic nitrogens is 3. The van der Waals surface area contributed by atoms with Gasteiger partial charge in [0.25, 0.3) is 5.91 Å². The molecule has 3 aromatic heterocycles. The number of rotatable bonds is 4. The molecule has 9 heteroatoms. The third-order valence-corrected chi connectivity index (χ3v) is 5.76. The summed E-state index contributed by atoms with van der Waals surface area (Å²) >= 11 is 2.45. The first-order valence-electron chi connectivity index (χ1n) is 8.12. The highest BCUT2D eigenvalue weighted by atomic mass is 32.1. The average Bonchev–Trinajstić information content (AvgIpc) is 3.31. The normalized spacial score (nSPS) is 10.8. The third-order valence-electron chi connectivity index (χ3n) is 3.83. The second-order valence-electron chi connectivity index (χ2n) is 5.77. The SMILES string of the molecule is Cc1nc(-c2ccccn2)sc1C(=O)Nc1nc(-c2ccc(F)c(F)c2)cs1. The molecule has 0 spiro atoms. The van der Waals surface area contributed by atoms with Gasteiger partial charge in [0, 0.05) is 17.1 Å². The molecule has 0 saturated heterocycles. The van der Waals surface area contributed by atoms with Crippen molar-refractivity contribution in [3.8, 4) is 22.0 Å². The molecule has 0 unspecified atom stereocenters. The molecule has 0 aliphatic rings. The van der Waals surface area contributed by atoms with Crippen LogP contribution in [0.5, 0.6) is 0 Å². The summed E-state index contributed by atoms with van der Waals surface area (Å²) in [6.45, 7) is 1.76. The Bertz CT molecular complexity index is 1160. The lowest BCUT2D eigenvalue weighted by Gasteiger charge is -2.00. The van der Waals surface area contributed by atoms with Crippen molar-refractivity contribution in [3.63, 3.8) is 0 Å². The molecule has 0 saturated carbocycles. The van der Waals surface area contributed by atoms with Crippen LogP contribution in [0.2, 0.25) is 0 Å². The van der Waals surface area contributed by atoms with Crippen molar-refractivity contribution in [3.05, 3.63) is 70.2 Å². The van der Waals surface area contributed by atoms with Crippen LogP contribution in [0.15, 0.2) is 48.0 Å². The molecule has 4 rings (SSSR count). The highest BCUT2D eigenvalue weighted by Gasteiger charge is 2.18. The van der Waals surface area contributed by atoms with Crippen molar-refractivity contribution in [1.29, 1.82) is 0 Å². The Morgan fingerprint density at radius 1 is 1.07 bits per heavy atom. The summed E-state index contributed by atoms with van der Waals surface area (Å²) in [5.41, 5.74) is 2.18. The van der Waals surface area contributed by atoms with E-state index in [0.717, 1.165) is 12.1 Å². The van der Waals surface area contributed by atoms with E-state index in [1.807, 2.05) is 18.2 Å². The summed E-state index contributed by atoms with van der Waals surface area (Å²) < 4.78 is 26.5. The number of nitrogens with zero attached hydrogens (tertiary/aromatic N) is 3. The van der Waals surface area contributed by atoms with Gasteiger partial charge >= 0.3 is 0 Å². The smallest absolute Gasteiger partial charge is 0.269 e. The van der Waals surface area contributed by atoms with E-state index in [1.165, 1.54) is 28.7 Å². The van der Waals surface area contributed by atoms with Gasteiger partial charge in [-0.15, -0.1) is 22.7 Å². The highest BCUT2D eigenvalue weighted by molar-refractivity contribution is 7.17. The van der Waals surface area contributed by atoms with Crippen LogP contribution in [-0.4, -0.2) is 20.9 Å². The van der Waals surface area contributed by atoms with E-state index in [1.54, 1.807) is 18.5 Å². The fraction of sp³-hybridized carbons (Fsp3) is 0.0526. The number of carbonyl (C=O) groups is 1. The van der Waals surface area contributed by atoms with Crippen LogP contribution in [0, 0.1) is 18.6 Å². The van der Waals surface area contributed by atoms with E-state index in [9.17, 15) is 13.6 Å². The van der Waals surface area contributed by atoms with E-state index in [0.29, 0.717) is 37.7 Å². The summed E-state index contributed by atoms with van der Waals surface area (Å²) in [7, 11) is 0. The molecular weight excluding hydrogens is 402 g/mol. The Kier molecular flexibility index (Phi) is 4.93. The van der Waals surface area contributed by atoms with Crippen molar-refractivity contribution in [2.75, 3.05) is 5.32 Å². The Labute approximate surface area is 166 Å². The molecule has 140 valence electrons. The first kappa shape index (κ1) is 18.3. The topological polar surface area (TPSA) is 67.8 Å². The first-order chi connectivity index (χ1) is 13.5. The minimum atomic E-state index is -0.946. The lowest BCUT2D eigenvalue weighted by atomic mass is 10.2. The van der Waals surface area contributed by atoms with Gasteiger partial charge in [-0.05, 0) is 37.3 Å². The zero-order chi connectivity index (χ0) is 19.7. The first-order valence-corrected chi connectivity index (χ1v) is 9.82. The van der Waals surface area contributed by atoms with Gasteiger partial charge in [-0.1, -0.05) is 6.07 Å². The molecular formula is C19H12F2N4OS2. The maximum Gasteiger partial charge on any atom is 0.269 e. The van der Waals surface area contributed by atoms with Crippen LogP contribution >= 0.6 is 22.7 Å². The zero-order valence-electron chi connectivity index (χ0n) is 14.4. The number of hydrogen-bond acceptors (Lipinski definition) is 6. The predicted octanol–water partition coefficient (Wildman–Crippen LogP) is 5.17. The molecule has 0 radical (unpaired) electrons. The summed E-state index contributed by atoms with van der Waals surface area (Å²) in [4.78, 5) is 26.0. The molecule has 1 N–H and O–H groups in total. The van der Waals surface area contributed by atoms with Crippen molar-refractivity contribution in [2.45, 2.75) is 6.92 Å². The van der Waals surface area contributed by atoms with Crippen molar-refractivity contribution in [2.24, 2.45) is 0 Å². The molecule has 4 aromatic rings. The van der Waals surface area contributed by atoms with Crippen molar-refractivity contribution >= 4 is 33.7 Å². The minimum Gasteiger partial charge on any atom is -0.297 e. The Balaban J connectivity index is 1.54. The van der Waals surface area contributed by atoms with Crippen molar-refractivity contribution < 1.29 is 13.6 Å². The Morgan fingerprint density at radius 2 is 1.93 bits per heavy atom. The largest absolute Gasteiger partial charge is 0.297 e. The number of amides is 1. The van der Waals surface area contributed by atoms with Gasteiger partial charge in [-0.25, -0.2) is 18.7 Å². The number of thiazole rings is 2. The molecule has 3 heterocycles. The lowest BCUT2D eigenvalue weighted by molar-refractivity contribution is 0.103. The van der Waals surface area contributed by atoms with E-state index in [2.05, 4.69) is 20.3 Å². The maximum absolute atomic E-state index is 13.4. The fourth-order valence-electron chi connectivity index (χ4n) is 2.48. The molecule has 0 bridgehead atoms. The maximum atomic E-state index is 13.4. The monoisotopic (exact) mass is 414 g/mol. The zero-order valence-corrected chi connectivity index (χ0v) is 16.1. The average molecular weight is 414 g/mol. The van der Waals surface area contributed by atoms with Crippen LogP contribution < -0.4 is 5.32 Å². The van der Waals surface area contributed by atoms with Gasteiger partial charge in [0.2, 0.25) is 0 Å². The number of benzene rings is 1. The molecule has 0 fully saturated rings. The van der Waals surface area contributed by atoms with Crippen LogP contribution in [0.3, 0.4) is 0 Å². The minimum absolute atomic E-state index is 0.330. The summed E-state index contributed by atoms with van der Waals surface area (Å²) in [5, 5.41) is 5.41. The quantitative estimate of drug-likeness (QED) is 0.500. The number of pyridine rings is 1. The molecule has 5 nitrogen and oxygen atoms in total. The Morgan fingerprint density at radius 3 is 2.68 bits per heavy atom. The molecule has 0 atom stereocenters. The van der Waals surface area contributed by atoms with Crippen molar-refractivity contribution in [1.82, 2.24) is 15.0 Å². The molecule has 1 aromatic carbocycles. The predicted molar refractivity (Wildman–Crippen MR) is 106 cm³/mol. The number of anilines is 1. The van der Waals surface area contributed by atoms with Crippen LogP contribution in [0.4, 0.5) is 13.9 Å². The third kappa shape index (κ3) is 3.67. The van der Waals surface area contributed by atoms with E-state index in [-0.39, 0.29) is 5.91 Å². The van der Waals surface area contributed by atoms with E-state index < -0.39 is 11.6 Å². The van der Waals surface area contributed by atoms with Gasteiger partial charge in [0.1, 0.15) is 9.88 Å². The van der Waals surface area contributed by atoms with Crippen LogP contribution in [0.1, 0.15) is 15.4 Å². The molecule has 0 aliphatic heterocycles. The summed E-state index contributed by atoms with van der Waals surface area (Å²) in [6, 6.07) is 9.05. The number of halogens is 2. The Hall–Kier alpha value is -3.04. The summed E-state index contributed by atoms with van der Waals surface area (Å²) in [6.07, 6.45) is 1.67. The van der Waals surface area contributed by atoms with Gasteiger partial charge in [-0.2, -0.15) is 0 Å². The van der Waals surface area contributed by atoms with Crippen LogP contribution in [-0.2, 0) is 0 Å². The number of nitrogens with one attached hydrogen (secondary N) is 1. The fourth-order valence-corrected chi connectivity index (χ4v) is 4.13. The standard InChI is InChI=1S/C19H12F2N4OS2/c1-10-16(28-18(23-10)14-4-2-3-7-22-14)17(26)25-19-24-15(9-27-19)11-5-6-12(20)13(21)8-11/h2-9H,1H3,(H,24,25,26). The van der Waals surface area contributed by atoms with E-state index in [4.69, 9.17) is 0 Å². The highest BCUT2D eigenvalue weighted by Crippen LogP contribution is 2.29. The van der Waals surface area contributed by atoms with Gasteiger partial charge < -0.3 is 0 Å². The van der Waals surface area contributed by atoms with E-state index >= 15 is 0 Å². The summed E-state index contributed by atoms with van der Waals surface area (Å²) in [5.74, 6) is -2.20. The molecule has 28 heavy (non-hydrogen) atoms. The van der Waals surface area contributed by atoms with Crippen LogP contribution in [0.25, 0.3) is 22.0 Å². The molecule has 1 amide bonds. The number of aryl methyl sites for hydroxylation is 1. The van der Waals surface area contributed by atoms with Gasteiger partial charge in [-0.3, -0.25) is 15.1 Å². The number of carbonyl (C=O) groups excluding carboxylic acids is 1. The second-order valence-corrected chi connectivity index (χ2v) is 7.63. The molecule has 0 aliphatic carbocycles.